The van der Waals surface area contributed by atoms with Gasteiger partial charge in [-0.15, -0.1) is 0 Å². The molecular formula is C24H52INOS. The third-order valence-electron chi connectivity index (χ3n) is 5.69. The van der Waals surface area contributed by atoms with Gasteiger partial charge in [0, 0.05) is 5.75 Å². The van der Waals surface area contributed by atoms with Crippen molar-refractivity contribution < 1.29 is 33.6 Å². The quantitative estimate of drug-likeness (QED) is 0.130. The maximum absolute atomic E-state index is 9.04. The number of thioether (sulfide) groups is 1. The summed E-state index contributed by atoms with van der Waals surface area (Å²) in [5.41, 5.74) is 0. The highest BCUT2D eigenvalue weighted by atomic mass is 127. The van der Waals surface area contributed by atoms with E-state index < -0.39 is 0 Å². The van der Waals surface area contributed by atoms with Crippen molar-refractivity contribution in [2.75, 3.05) is 45.3 Å². The lowest BCUT2D eigenvalue weighted by molar-refractivity contribution is -0.888. The van der Waals surface area contributed by atoms with Crippen LogP contribution in [0.15, 0.2) is 0 Å². The summed E-state index contributed by atoms with van der Waals surface area (Å²) >= 11 is 2.10. The fraction of sp³-hybridized carbons (Fsp3) is 1.00. The van der Waals surface area contributed by atoms with Crippen molar-refractivity contribution >= 4 is 11.8 Å². The molecule has 0 spiro atoms. The molecule has 0 radical (unpaired) electrons. The molecule has 28 heavy (non-hydrogen) atoms. The average molecular weight is 530 g/mol. The summed E-state index contributed by atoms with van der Waals surface area (Å²) in [6.45, 7) is 4.64. The molecule has 0 atom stereocenters. The number of rotatable bonds is 22. The monoisotopic (exact) mass is 529 g/mol. The molecule has 0 rings (SSSR count). The molecule has 1 N–H and O–H groups in total. The van der Waals surface area contributed by atoms with Crippen LogP contribution in [0.25, 0.3) is 0 Å². The highest BCUT2D eigenvalue weighted by Gasteiger charge is 2.12. The molecular weight excluding hydrogens is 477 g/mol. The minimum atomic E-state index is 0. The van der Waals surface area contributed by atoms with Crippen LogP contribution in [-0.2, 0) is 0 Å². The first kappa shape index (κ1) is 31.2. The Morgan fingerprint density at radius 2 is 0.964 bits per heavy atom. The maximum atomic E-state index is 9.04. The Balaban J connectivity index is 0. The van der Waals surface area contributed by atoms with E-state index in [9.17, 15) is 0 Å². The molecule has 0 saturated carbocycles. The minimum absolute atomic E-state index is 0. The SMILES string of the molecule is CCCCCCCCCCCCCCCCCCSCC[N+](C)(C)CCO.[I-]. The molecule has 0 bridgehead atoms. The number of halogens is 1. The van der Waals surface area contributed by atoms with Crippen LogP contribution in [0.3, 0.4) is 0 Å². The van der Waals surface area contributed by atoms with Crippen molar-refractivity contribution in [3.8, 4) is 0 Å². The molecule has 0 saturated heterocycles. The zero-order chi connectivity index (χ0) is 20.1. The number of likely N-dealkylation sites (N-methyl/N-ethyl adjacent to an activating group) is 1. The standard InChI is InChI=1S/C24H52NOS.HI/c1-4-5-6-7-8-9-10-11-12-13-14-15-16-17-18-19-23-27-24-21-25(2,3)20-22-26;/h26H,4-24H2,1-3H3;1H/q+1;/p-1. The minimum Gasteiger partial charge on any atom is -1.00 e. The zero-order valence-electron chi connectivity index (χ0n) is 19.5. The molecule has 2 nitrogen and oxygen atoms in total. The third-order valence-corrected chi connectivity index (χ3v) is 6.74. The number of aliphatic hydroxyl groups excluding tert-OH is 1. The molecule has 0 unspecified atom stereocenters. The van der Waals surface area contributed by atoms with Gasteiger partial charge in [-0.3, -0.25) is 0 Å². The van der Waals surface area contributed by atoms with E-state index in [-0.39, 0.29) is 24.0 Å². The molecule has 0 aromatic heterocycles. The van der Waals surface area contributed by atoms with Crippen molar-refractivity contribution in [3.63, 3.8) is 0 Å². The molecule has 0 aliphatic carbocycles. The lowest BCUT2D eigenvalue weighted by atomic mass is 10.0. The fourth-order valence-corrected chi connectivity index (χ4v) is 4.78. The molecule has 0 amide bonds. The van der Waals surface area contributed by atoms with Gasteiger partial charge in [0.25, 0.3) is 0 Å². The Morgan fingerprint density at radius 1 is 0.571 bits per heavy atom. The fourth-order valence-electron chi connectivity index (χ4n) is 3.55. The highest BCUT2D eigenvalue weighted by molar-refractivity contribution is 7.99. The predicted octanol–water partition coefficient (Wildman–Crippen LogP) is 4.05. The summed E-state index contributed by atoms with van der Waals surface area (Å²) in [4.78, 5) is 0. The molecule has 4 heteroatoms. The van der Waals surface area contributed by atoms with Crippen LogP contribution < -0.4 is 24.0 Å². The van der Waals surface area contributed by atoms with Crippen LogP contribution in [0.5, 0.6) is 0 Å². The first-order chi connectivity index (χ1) is 13.1. The second-order valence-corrected chi connectivity index (χ2v) is 10.2. The molecule has 0 aromatic rings. The highest BCUT2D eigenvalue weighted by Crippen LogP contribution is 2.14. The van der Waals surface area contributed by atoms with Crippen molar-refractivity contribution in [2.45, 2.75) is 110 Å². The average Bonchev–Trinajstić information content (AvgIpc) is 2.63. The predicted molar refractivity (Wildman–Crippen MR) is 126 cm³/mol. The van der Waals surface area contributed by atoms with E-state index in [4.69, 9.17) is 5.11 Å². The summed E-state index contributed by atoms with van der Waals surface area (Å²) in [5, 5.41) is 9.04. The molecule has 0 aliphatic heterocycles. The summed E-state index contributed by atoms with van der Waals surface area (Å²) in [6.07, 6.45) is 23.1. The van der Waals surface area contributed by atoms with Gasteiger partial charge in [0.05, 0.1) is 27.2 Å². The van der Waals surface area contributed by atoms with Crippen LogP contribution >= 0.6 is 11.8 Å². The van der Waals surface area contributed by atoms with Crippen molar-refractivity contribution in [2.24, 2.45) is 0 Å². The second kappa shape index (κ2) is 24.3. The van der Waals surface area contributed by atoms with Crippen molar-refractivity contribution in [3.05, 3.63) is 0 Å². The Bertz CT molecular complexity index is 290. The van der Waals surface area contributed by atoms with Crippen LogP contribution in [0.2, 0.25) is 0 Å². The number of unbranched alkanes of at least 4 members (excludes halogenated alkanes) is 15. The molecule has 0 aliphatic rings. The van der Waals surface area contributed by atoms with E-state index in [1.54, 1.807) is 0 Å². The van der Waals surface area contributed by atoms with Crippen LogP contribution in [0.4, 0.5) is 0 Å². The van der Waals surface area contributed by atoms with E-state index in [1.165, 1.54) is 121 Å². The maximum Gasteiger partial charge on any atom is 0.102 e. The lowest BCUT2D eigenvalue weighted by Gasteiger charge is -2.28. The summed E-state index contributed by atoms with van der Waals surface area (Å²) in [5.74, 6) is 2.54. The number of nitrogens with zero attached hydrogens (tertiary/aromatic N) is 1. The second-order valence-electron chi connectivity index (χ2n) is 9.02. The first-order valence-corrected chi connectivity index (χ1v) is 13.3. The van der Waals surface area contributed by atoms with E-state index >= 15 is 0 Å². The van der Waals surface area contributed by atoms with Gasteiger partial charge in [-0.05, 0) is 12.2 Å². The zero-order valence-corrected chi connectivity index (χ0v) is 22.5. The van der Waals surface area contributed by atoms with E-state index in [0.29, 0.717) is 6.61 Å². The van der Waals surface area contributed by atoms with Crippen LogP contribution in [0.1, 0.15) is 110 Å². The largest absolute Gasteiger partial charge is 1.00 e. The van der Waals surface area contributed by atoms with Crippen LogP contribution in [0, 0.1) is 0 Å². The summed E-state index contributed by atoms with van der Waals surface area (Å²) in [6, 6.07) is 0. The van der Waals surface area contributed by atoms with Gasteiger partial charge in [-0.1, -0.05) is 103 Å². The van der Waals surface area contributed by atoms with E-state index in [1.807, 2.05) is 0 Å². The van der Waals surface area contributed by atoms with Gasteiger partial charge in [-0.2, -0.15) is 11.8 Å². The Kier molecular flexibility index (Phi) is 27.0. The Morgan fingerprint density at radius 3 is 1.36 bits per heavy atom. The topological polar surface area (TPSA) is 20.2 Å². The molecule has 0 heterocycles. The van der Waals surface area contributed by atoms with E-state index in [0.717, 1.165) is 11.0 Å². The number of aliphatic hydroxyl groups is 1. The van der Waals surface area contributed by atoms with Crippen LogP contribution in [-0.4, -0.2) is 54.9 Å². The lowest BCUT2D eigenvalue weighted by Crippen LogP contribution is -3.00. The van der Waals surface area contributed by atoms with Gasteiger partial charge in [0.15, 0.2) is 0 Å². The number of quaternary nitrogens is 1. The van der Waals surface area contributed by atoms with Gasteiger partial charge >= 0.3 is 0 Å². The van der Waals surface area contributed by atoms with Crippen molar-refractivity contribution in [1.82, 2.24) is 0 Å². The Hall–Kier alpha value is 1.00. The molecule has 172 valence electrons. The van der Waals surface area contributed by atoms with Gasteiger partial charge in [-0.25, -0.2) is 0 Å². The van der Waals surface area contributed by atoms with Gasteiger partial charge < -0.3 is 33.6 Å². The first-order valence-electron chi connectivity index (χ1n) is 12.1. The Labute approximate surface area is 199 Å². The molecule has 0 fully saturated rings. The summed E-state index contributed by atoms with van der Waals surface area (Å²) < 4.78 is 0.947. The van der Waals surface area contributed by atoms with Crippen molar-refractivity contribution in [1.29, 1.82) is 0 Å². The smallest absolute Gasteiger partial charge is 0.102 e. The normalized spacial score (nSPS) is 11.6. The summed E-state index contributed by atoms with van der Waals surface area (Å²) in [7, 11) is 4.43. The van der Waals surface area contributed by atoms with Gasteiger partial charge in [0.1, 0.15) is 6.54 Å². The molecule has 0 aromatic carbocycles. The van der Waals surface area contributed by atoms with E-state index in [2.05, 4.69) is 32.8 Å². The third kappa shape index (κ3) is 25.0. The number of hydrogen-bond acceptors (Lipinski definition) is 2. The van der Waals surface area contributed by atoms with Gasteiger partial charge in [0.2, 0.25) is 0 Å². The number of hydrogen-bond donors (Lipinski definition) is 1.